The molecule has 0 N–H and O–H groups in total. The molecule has 6 heteroatoms. The van der Waals surface area contributed by atoms with E-state index in [0.29, 0.717) is 18.4 Å². The minimum absolute atomic E-state index is 0.376. The van der Waals surface area contributed by atoms with Crippen molar-refractivity contribution in [1.82, 2.24) is 19.5 Å². The molecule has 3 rings (SSSR count). The van der Waals surface area contributed by atoms with Crippen molar-refractivity contribution < 1.29 is 4.52 Å². The molecule has 6 nitrogen and oxygen atoms in total. The number of hydrogen-bond donors (Lipinski definition) is 0. The Morgan fingerprint density at radius 2 is 1.79 bits per heavy atom. The molecule has 0 unspecified atom stereocenters. The lowest BCUT2D eigenvalue weighted by Gasteiger charge is -2.36. The summed E-state index contributed by atoms with van der Waals surface area (Å²) in [7, 11) is 0. The average molecular weight is 330 g/mol. The smallest absolute Gasteiger partial charge is 0.301 e. The zero-order valence-corrected chi connectivity index (χ0v) is 14.5. The maximum atomic E-state index is 11.9. The summed E-state index contributed by atoms with van der Waals surface area (Å²) in [6, 6.07) is 10.3. The Bertz CT molecular complexity index is 685. The van der Waals surface area contributed by atoms with Gasteiger partial charge in [-0.25, -0.2) is 4.79 Å². The zero-order chi connectivity index (χ0) is 16.9. The highest BCUT2D eigenvalue weighted by Crippen LogP contribution is 2.15. The highest BCUT2D eigenvalue weighted by molar-refractivity contribution is 5.54. The highest BCUT2D eigenvalue weighted by atomic mass is 16.5. The molecule has 0 saturated carbocycles. The monoisotopic (exact) mass is 330 g/mol. The third-order valence-corrected chi connectivity index (χ3v) is 4.71. The summed E-state index contributed by atoms with van der Waals surface area (Å²) in [5.74, 6) is 0.240. The third kappa shape index (κ3) is 3.94. The van der Waals surface area contributed by atoms with Crippen LogP contribution in [-0.2, 0) is 6.54 Å². The Morgan fingerprint density at radius 3 is 2.46 bits per heavy atom. The summed E-state index contributed by atoms with van der Waals surface area (Å²) in [6.45, 7) is 10.6. The molecule has 0 amide bonds. The summed E-state index contributed by atoms with van der Waals surface area (Å²) < 4.78 is 6.51. The van der Waals surface area contributed by atoms with Gasteiger partial charge in [0.1, 0.15) is 0 Å². The van der Waals surface area contributed by atoms with E-state index in [1.54, 1.807) is 4.57 Å². The van der Waals surface area contributed by atoms with Gasteiger partial charge < -0.3 is 4.90 Å². The Labute approximate surface area is 142 Å². The number of benzene rings is 1. The predicted molar refractivity (Wildman–Crippen MR) is 94.0 cm³/mol. The van der Waals surface area contributed by atoms with Crippen LogP contribution in [0.5, 0.6) is 0 Å². The minimum Gasteiger partial charge on any atom is -0.301 e. The summed E-state index contributed by atoms with van der Waals surface area (Å²) in [4.78, 5) is 16.9. The van der Waals surface area contributed by atoms with Crippen LogP contribution in [-0.4, -0.2) is 58.3 Å². The van der Waals surface area contributed by atoms with Gasteiger partial charge in [-0.3, -0.25) is 14.0 Å². The molecule has 0 atom stereocenters. The van der Waals surface area contributed by atoms with E-state index in [1.807, 2.05) is 30.3 Å². The molecule has 0 radical (unpaired) electrons. The number of piperazine rings is 1. The Hall–Kier alpha value is -1.92. The summed E-state index contributed by atoms with van der Waals surface area (Å²) in [5.41, 5.74) is 0.911. The van der Waals surface area contributed by atoms with Crippen LogP contribution in [0.1, 0.15) is 20.3 Å². The molecule has 0 aliphatic carbocycles. The van der Waals surface area contributed by atoms with Gasteiger partial charge in [-0.1, -0.05) is 35.5 Å². The summed E-state index contributed by atoms with van der Waals surface area (Å²) >= 11 is 0. The van der Waals surface area contributed by atoms with Crippen molar-refractivity contribution >= 4 is 0 Å². The maximum absolute atomic E-state index is 11.9. The van der Waals surface area contributed by atoms with Gasteiger partial charge in [-0.2, -0.15) is 0 Å². The van der Waals surface area contributed by atoms with Crippen LogP contribution < -0.4 is 5.76 Å². The molecule has 1 fully saturated rings. The highest BCUT2D eigenvalue weighted by Gasteiger charge is 2.19. The number of rotatable bonds is 6. The lowest BCUT2D eigenvalue weighted by atomic mass is 10.2. The van der Waals surface area contributed by atoms with Crippen molar-refractivity contribution in [3.8, 4) is 11.4 Å². The molecule has 1 aliphatic heterocycles. The fourth-order valence-electron chi connectivity index (χ4n) is 3.22. The van der Waals surface area contributed by atoms with Crippen molar-refractivity contribution in [2.45, 2.75) is 32.9 Å². The summed E-state index contributed by atoms with van der Waals surface area (Å²) in [6.07, 6.45) is 0.919. The zero-order valence-electron chi connectivity index (χ0n) is 14.5. The Kier molecular flexibility index (Phi) is 5.48. The average Bonchev–Trinajstić information content (AvgIpc) is 2.97. The molecule has 24 heavy (non-hydrogen) atoms. The van der Waals surface area contributed by atoms with E-state index in [4.69, 9.17) is 4.52 Å². The molecule has 2 aromatic rings. The van der Waals surface area contributed by atoms with Crippen molar-refractivity contribution in [1.29, 1.82) is 0 Å². The van der Waals surface area contributed by atoms with Gasteiger partial charge in [0.15, 0.2) is 5.82 Å². The SMILES string of the molecule is CC(C)N1CCN(CCCn2c(-c3ccccc3)noc2=O)CC1. The first-order chi connectivity index (χ1) is 11.6. The molecule has 1 aliphatic rings. The van der Waals surface area contributed by atoms with Gasteiger partial charge in [-0.05, 0) is 26.8 Å². The standard InChI is InChI=1S/C18H26N4O2/c1-15(2)21-13-11-20(12-14-21)9-6-10-22-17(19-24-18(22)23)16-7-4-3-5-8-16/h3-5,7-8,15H,6,9-14H2,1-2H3. The molecular formula is C18H26N4O2. The van der Waals surface area contributed by atoms with Crippen LogP contribution in [0.15, 0.2) is 39.6 Å². The van der Waals surface area contributed by atoms with Crippen molar-refractivity contribution in [3.05, 3.63) is 40.9 Å². The Morgan fingerprint density at radius 1 is 1.08 bits per heavy atom. The fourth-order valence-corrected chi connectivity index (χ4v) is 3.22. The first-order valence-electron chi connectivity index (χ1n) is 8.73. The molecule has 2 heterocycles. The third-order valence-electron chi connectivity index (χ3n) is 4.71. The number of hydrogen-bond acceptors (Lipinski definition) is 5. The van der Waals surface area contributed by atoms with Gasteiger partial charge in [0.25, 0.3) is 0 Å². The normalized spacial score (nSPS) is 16.8. The fraction of sp³-hybridized carbons (Fsp3) is 0.556. The molecule has 1 saturated heterocycles. The van der Waals surface area contributed by atoms with E-state index in [0.717, 1.165) is 44.7 Å². The van der Waals surface area contributed by atoms with Gasteiger partial charge in [0.2, 0.25) is 0 Å². The molecule has 1 aromatic carbocycles. The van der Waals surface area contributed by atoms with Crippen molar-refractivity contribution in [2.75, 3.05) is 32.7 Å². The van der Waals surface area contributed by atoms with E-state index in [-0.39, 0.29) is 5.76 Å². The van der Waals surface area contributed by atoms with Crippen LogP contribution >= 0.6 is 0 Å². The topological polar surface area (TPSA) is 54.5 Å². The lowest BCUT2D eigenvalue weighted by Crippen LogP contribution is -2.49. The van der Waals surface area contributed by atoms with Crippen LogP contribution in [0.4, 0.5) is 0 Å². The number of aromatic nitrogens is 2. The van der Waals surface area contributed by atoms with Gasteiger partial charge in [0, 0.05) is 44.3 Å². The van der Waals surface area contributed by atoms with E-state index >= 15 is 0 Å². The van der Waals surface area contributed by atoms with Crippen LogP contribution in [0.3, 0.4) is 0 Å². The van der Waals surface area contributed by atoms with Crippen LogP contribution in [0, 0.1) is 0 Å². The quantitative estimate of drug-likeness (QED) is 0.810. The van der Waals surface area contributed by atoms with E-state index in [1.165, 1.54) is 0 Å². The summed E-state index contributed by atoms with van der Waals surface area (Å²) in [5, 5.41) is 3.94. The second kappa shape index (κ2) is 7.77. The maximum Gasteiger partial charge on any atom is 0.441 e. The first-order valence-corrected chi connectivity index (χ1v) is 8.73. The molecule has 1 aromatic heterocycles. The lowest BCUT2D eigenvalue weighted by molar-refractivity contribution is 0.107. The van der Waals surface area contributed by atoms with Crippen molar-refractivity contribution in [3.63, 3.8) is 0 Å². The van der Waals surface area contributed by atoms with Crippen LogP contribution in [0.2, 0.25) is 0 Å². The number of nitrogens with zero attached hydrogens (tertiary/aromatic N) is 4. The van der Waals surface area contributed by atoms with Crippen molar-refractivity contribution in [2.24, 2.45) is 0 Å². The van der Waals surface area contributed by atoms with E-state index in [2.05, 4.69) is 28.8 Å². The predicted octanol–water partition coefficient (Wildman–Crippen LogP) is 1.92. The molecule has 0 spiro atoms. The largest absolute Gasteiger partial charge is 0.441 e. The first kappa shape index (κ1) is 16.9. The van der Waals surface area contributed by atoms with Gasteiger partial charge >= 0.3 is 5.76 Å². The van der Waals surface area contributed by atoms with E-state index in [9.17, 15) is 4.79 Å². The van der Waals surface area contributed by atoms with E-state index < -0.39 is 0 Å². The second-order valence-electron chi connectivity index (χ2n) is 6.61. The second-order valence-corrected chi connectivity index (χ2v) is 6.61. The minimum atomic E-state index is -0.376. The van der Waals surface area contributed by atoms with Crippen LogP contribution in [0.25, 0.3) is 11.4 Å². The van der Waals surface area contributed by atoms with Gasteiger partial charge in [-0.15, -0.1) is 0 Å². The van der Waals surface area contributed by atoms with Gasteiger partial charge in [0.05, 0.1) is 0 Å². The molecule has 130 valence electrons. The molecule has 0 bridgehead atoms. The Balaban J connectivity index is 1.55. The molecular weight excluding hydrogens is 304 g/mol.